The maximum atomic E-state index is 12.6. The van der Waals surface area contributed by atoms with Crippen molar-refractivity contribution < 1.29 is 85.3 Å². The van der Waals surface area contributed by atoms with Crippen LogP contribution >= 0.6 is 23.5 Å². The second-order valence-electron chi connectivity index (χ2n) is 10.3. The van der Waals surface area contributed by atoms with Crippen LogP contribution in [-0.2, 0) is 41.1 Å². The van der Waals surface area contributed by atoms with Gasteiger partial charge in [-0.1, -0.05) is 0 Å². The van der Waals surface area contributed by atoms with Crippen molar-refractivity contribution in [3.63, 3.8) is 0 Å². The molecule has 3 unspecified atom stereocenters. The maximum Gasteiger partial charge on any atom is 0.481 e. The number of phosphoric ester groups is 3. The van der Waals surface area contributed by atoms with Crippen LogP contribution in [0.1, 0.15) is 22.8 Å². The fraction of sp³-hybridized carbons (Fsp3) is 0.476. The summed E-state index contributed by atoms with van der Waals surface area (Å²) in [5, 5.41) is 31.5. The molecule has 11 N–H and O–H groups in total. The first-order valence-corrected chi connectivity index (χ1v) is 17.9. The number of anilines is 1. The summed E-state index contributed by atoms with van der Waals surface area (Å²) in [6.45, 7) is -2.03. The van der Waals surface area contributed by atoms with Gasteiger partial charge in [-0.25, -0.2) is 28.6 Å². The minimum atomic E-state index is -5.52. The first-order chi connectivity index (χ1) is 22.4. The minimum Gasteiger partial charge on any atom is -0.387 e. The molecule has 0 radical (unpaired) electrons. The molecule has 5 rings (SSSR count). The maximum absolute atomic E-state index is 12.6. The van der Waals surface area contributed by atoms with E-state index in [0.29, 0.717) is 0 Å². The normalized spacial score (nSPS) is 30.3. The Labute approximate surface area is 267 Å². The van der Waals surface area contributed by atoms with E-state index in [1.165, 1.54) is 29.1 Å². The number of ether oxygens (including phenoxy) is 2. The first kappa shape index (κ1) is 36.4. The third-order valence-corrected chi connectivity index (χ3v) is 10.1. The van der Waals surface area contributed by atoms with Gasteiger partial charge in [-0.05, 0) is 6.07 Å². The van der Waals surface area contributed by atoms with Gasteiger partial charge < -0.3 is 55.8 Å². The third-order valence-electron chi connectivity index (χ3n) is 6.98. The number of nitrogens with zero attached hydrogens (tertiary/aromatic N) is 5. The first-order valence-electron chi connectivity index (χ1n) is 13.3. The summed E-state index contributed by atoms with van der Waals surface area (Å²) < 4.78 is 68.4. The van der Waals surface area contributed by atoms with Crippen molar-refractivity contribution in [2.75, 3.05) is 18.9 Å². The van der Waals surface area contributed by atoms with Crippen molar-refractivity contribution >= 4 is 46.4 Å². The van der Waals surface area contributed by atoms with E-state index in [2.05, 4.69) is 23.8 Å². The van der Waals surface area contributed by atoms with Crippen LogP contribution in [0.4, 0.5) is 5.82 Å². The zero-order chi connectivity index (χ0) is 35.2. The van der Waals surface area contributed by atoms with Crippen molar-refractivity contribution in [1.29, 1.82) is 0 Å². The molecule has 5 heterocycles. The standard InChI is InChI=1S/C21H28N7O17P3/c22-17-12-19(25-7-24-17)28(8-26-12)21-16(44-46(33,34)35)14(30)11(43-21)6-41-48(38,39)45-47(36,37)40-5-10-13(29)15(31)20(42-10)27-3-1-2-9(4-27)18(23)32/h1-4,7-8,10-11,13-16,20-21,29-31H,5-6H2,(H7-,22,23,24,25,32,33,34,35,36,37,38,39)/p+1/t10-,11?,13-,14-,15-,16-,20-,21-/m1/s1. The topological polar surface area (TPSA) is 365 Å². The molecule has 0 bridgehead atoms. The Hall–Kier alpha value is -2.86. The summed E-state index contributed by atoms with van der Waals surface area (Å²) in [6.07, 6.45) is -8.39. The number of primary amides is 1. The molecule has 2 saturated heterocycles. The molecule has 24 nitrogen and oxygen atoms in total. The number of amides is 1. The predicted molar refractivity (Wildman–Crippen MR) is 150 cm³/mol. The monoisotopic (exact) mass is 744 g/mol. The van der Waals surface area contributed by atoms with Crippen LogP contribution in [-0.4, -0.2) is 110 Å². The molecule has 48 heavy (non-hydrogen) atoms. The quantitative estimate of drug-likeness (QED) is 0.0626. The van der Waals surface area contributed by atoms with Crippen molar-refractivity contribution in [3.05, 3.63) is 42.7 Å². The lowest BCUT2D eigenvalue weighted by Crippen LogP contribution is -2.46. The molecule has 27 heteroatoms. The molecule has 3 aromatic rings. The Morgan fingerprint density at radius 1 is 0.958 bits per heavy atom. The number of carbonyl (C=O) groups is 1. The van der Waals surface area contributed by atoms with E-state index >= 15 is 0 Å². The highest BCUT2D eigenvalue weighted by atomic mass is 31.3. The van der Waals surface area contributed by atoms with Gasteiger partial charge in [0.2, 0.25) is 0 Å². The lowest BCUT2D eigenvalue weighted by Gasteiger charge is -2.22. The largest absolute Gasteiger partial charge is 0.481 e. The van der Waals surface area contributed by atoms with Crippen LogP contribution in [0.3, 0.4) is 0 Å². The van der Waals surface area contributed by atoms with E-state index in [1.54, 1.807) is 0 Å². The fourth-order valence-electron chi connectivity index (χ4n) is 4.83. The van der Waals surface area contributed by atoms with E-state index < -0.39 is 91.7 Å². The van der Waals surface area contributed by atoms with Crippen LogP contribution in [0, 0.1) is 0 Å². The molecule has 2 aliphatic rings. The van der Waals surface area contributed by atoms with E-state index in [4.69, 9.17) is 30.0 Å². The van der Waals surface area contributed by atoms with Gasteiger partial charge in [0.15, 0.2) is 36.2 Å². The number of hydrogen-bond acceptors (Lipinski definition) is 17. The molecule has 264 valence electrons. The molecular formula is C21H29N7O17P3+. The zero-order valence-electron chi connectivity index (χ0n) is 23.9. The zero-order valence-corrected chi connectivity index (χ0v) is 26.6. The number of aliphatic hydroxyl groups is 3. The Kier molecular flexibility index (Phi) is 10.5. The van der Waals surface area contributed by atoms with E-state index in [1.807, 2.05) is 0 Å². The summed E-state index contributed by atoms with van der Waals surface area (Å²) >= 11 is 0. The number of phosphoric acid groups is 3. The van der Waals surface area contributed by atoms with Gasteiger partial charge in [-0.2, -0.15) is 8.88 Å². The van der Waals surface area contributed by atoms with Gasteiger partial charge in [0.05, 0.1) is 19.5 Å². The molecule has 0 aliphatic carbocycles. The summed E-state index contributed by atoms with van der Waals surface area (Å²) in [5.41, 5.74) is 11.1. The number of carbonyl (C=O) groups excluding carboxylic acids is 1. The van der Waals surface area contributed by atoms with Gasteiger partial charge in [-0.3, -0.25) is 22.9 Å². The smallest absolute Gasteiger partial charge is 0.387 e. The molecular weight excluding hydrogens is 715 g/mol. The predicted octanol–water partition coefficient (Wildman–Crippen LogP) is -2.90. The van der Waals surface area contributed by atoms with E-state index in [0.717, 1.165) is 17.2 Å². The highest BCUT2D eigenvalue weighted by Crippen LogP contribution is 2.61. The number of fused-ring (bicyclic) bond motifs is 1. The Morgan fingerprint density at radius 2 is 1.60 bits per heavy atom. The highest BCUT2D eigenvalue weighted by Gasteiger charge is 2.51. The van der Waals surface area contributed by atoms with Crippen molar-refractivity contribution in [2.24, 2.45) is 5.73 Å². The van der Waals surface area contributed by atoms with Gasteiger partial charge in [0.25, 0.3) is 12.1 Å². The van der Waals surface area contributed by atoms with Gasteiger partial charge in [0.1, 0.15) is 47.9 Å². The van der Waals surface area contributed by atoms with E-state index in [9.17, 15) is 53.4 Å². The van der Waals surface area contributed by atoms with Crippen molar-refractivity contribution in [2.45, 2.75) is 49.1 Å². The Bertz CT molecular complexity index is 1810. The van der Waals surface area contributed by atoms with Crippen LogP contribution in [0.15, 0.2) is 37.2 Å². The van der Waals surface area contributed by atoms with Crippen LogP contribution < -0.4 is 16.0 Å². The van der Waals surface area contributed by atoms with Crippen molar-refractivity contribution in [3.8, 4) is 0 Å². The lowest BCUT2D eigenvalue weighted by molar-refractivity contribution is -0.765. The number of aromatic nitrogens is 5. The van der Waals surface area contributed by atoms with Crippen LogP contribution in [0.2, 0.25) is 0 Å². The number of imidazole rings is 1. The lowest BCUT2D eigenvalue weighted by atomic mass is 10.1. The molecule has 0 spiro atoms. The van der Waals surface area contributed by atoms with E-state index in [-0.39, 0.29) is 22.5 Å². The summed E-state index contributed by atoms with van der Waals surface area (Å²) in [5.74, 6) is -0.848. The molecule has 0 aromatic carbocycles. The van der Waals surface area contributed by atoms with Gasteiger partial charge in [-0.15, -0.1) is 0 Å². The van der Waals surface area contributed by atoms with Crippen LogP contribution in [0.5, 0.6) is 0 Å². The number of aliphatic hydroxyl groups excluding tert-OH is 3. The van der Waals surface area contributed by atoms with Crippen LogP contribution in [0.25, 0.3) is 11.2 Å². The second-order valence-corrected chi connectivity index (χ2v) is 14.5. The third kappa shape index (κ3) is 8.12. The second kappa shape index (κ2) is 13.8. The molecule has 2 aliphatic heterocycles. The number of rotatable bonds is 13. The summed E-state index contributed by atoms with van der Waals surface area (Å²) in [4.78, 5) is 62.2. The number of nitrogens with two attached hydrogens (primary N) is 2. The molecule has 0 saturated carbocycles. The van der Waals surface area contributed by atoms with Gasteiger partial charge >= 0.3 is 23.5 Å². The molecule has 10 atom stereocenters. The highest BCUT2D eigenvalue weighted by molar-refractivity contribution is 7.61. The Balaban J connectivity index is 1.21. The van der Waals surface area contributed by atoms with Crippen molar-refractivity contribution in [1.82, 2.24) is 19.5 Å². The number of hydrogen-bond donors (Lipinski definition) is 9. The number of pyridine rings is 1. The SMILES string of the molecule is NC(=O)c1ccc[n+]([C@@H]2O[C@H](COP(=O)(O)OP(=O)(O)OCC3O[C@@H](n4cnc5c(N)ncnc54)[C@H](OP(=O)(O)O)[C@@H]3O)[C@@H](O)[C@H]2O)c1. The molecule has 1 amide bonds. The molecule has 3 aromatic heterocycles. The average Bonchev–Trinajstić information content (AvgIpc) is 3.64. The minimum absolute atomic E-state index is 0.00286. The summed E-state index contributed by atoms with van der Waals surface area (Å²) in [6, 6.07) is 2.79. The summed E-state index contributed by atoms with van der Waals surface area (Å²) in [7, 11) is -16.3. The Morgan fingerprint density at radius 3 is 2.23 bits per heavy atom. The number of nitrogen functional groups attached to an aromatic ring is 1. The average molecular weight is 744 g/mol. The van der Waals surface area contributed by atoms with Gasteiger partial charge in [0, 0.05) is 6.07 Å². The fourth-order valence-corrected chi connectivity index (χ4v) is 7.47. The molecule has 2 fully saturated rings.